The number of hydrogen-bond acceptors (Lipinski definition) is 1. The topological polar surface area (TPSA) is 3.24 Å². The predicted octanol–water partition coefficient (Wildman–Crippen LogP) is 18.9. The maximum atomic E-state index is 2.61. The van der Waals surface area contributed by atoms with Crippen LogP contribution in [0, 0.1) is 0 Å². The third-order valence-electron chi connectivity index (χ3n) is 16.6. The molecule has 15 rings (SSSR count). The third-order valence-corrected chi connectivity index (χ3v) is 16.6. The van der Waals surface area contributed by atoms with Crippen molar-refractivity contribution in [3.63, 3.8) is 0 Å². The summed E-state index contributed by atoms with van der Waals surface area (Å²) in [6.45, 7) is 0. The molecule has 0 N–H and O–H groups in total. The van der Waals surface area contributed by atoms with Gasteiger partial charge in [0.05, 0.1) is 22.2 Å². The molecule has 0 bridgehead atoms. The molecule has 0 aromatic heterocycles. The molecule has 0 amide bonds. The van der Waals surface area contributed by atoms with Gasteiger partial charge in [0.25, 0.3) is 0 Å². The summed E-state index contributed by atoms with van der Waals surface area (Å²) in [5.74, 6) is 0. The molecular formula is C74H49N. The zero-order valence-electron chi connectivity index (χ0n) is 41.2. The Morgan fingerprint density at radius 3 is 1.15 bits per heavy atom. The summed E-state index contributed by atoms with van der Waals surface area (Å²) in [5, 5.41) is 0. The highest BCUT2D eigenvalue weighted by Crippen LogP contribution is 2.65. The normalized spacial score (nSPS) is 13.5. The fraction of sp³-hybridized carbons (Fsp3) is 0.0270. The lowest BCUT2D eigenvalue weighted by Gasteiger charge is -2.35. The average Bonchev–Trinajstić information content (AvgIpc) is 4.11. The predicted molar refractivity (Wildman–Crippen MR) is 311 cm³/mol. The minimum atomic E-state index is -0.586. The zero-order valence-corrected chi connectivity index (χ0v) is 41.2. The van der Waals surface area contributed by atoms with Gasteiger partial charge in [-0.05, 0) is 124 Å². The number of hydrogen-bond donors (Lipinski definition) is 0. The maximum Gasteiger partial charge on any atom is 0.0725 e. The van der Waals surface area contributed by atoms with Crippen molar-refractivity contribution >= 4 is 17.1 Å². The van der Waals surface area contributed by atoms with Crippen LogP contribution in [-0.2, 0) is 10.8 Å². The van der Waals surface area contributed by atoms with Gasteiger partial charge in [-0.1, -0.05) is 273 Å². The van der Waals surface area contributed by atoms with Crippen molar-refractivity contribution in [3.05, 3.63) is 342 Å². The van der Waals surface area contributed by atoms with Gasteiger partial charge in [0.2, 0.25) is 0 Å². The van der Waals surface area contributed by atoms with E-state index >= 15 is 0 Å². The number of anilines is 3. The standard InChI is InChI=1S/C74H49N/c1-5-25-50(26-6-1)55-33-13-14-37-60(55)71-56(51-27-7-2-8-28-51)39-23-45-69(71)75(70-46-24-44-68-72(70)61-38-18-22-43-66(61)73(68,52-29-9-3-10-30-52)53-31-11-4-12-32-53)54-47-48-67-62(49-54)59-36-17-21-42-65(59)74(67)63-40-19-15-34-57(63)58-35-16-20-41-64(58)74/h1-49H. The van der Waals surface area contributed by atoms with Gasteiger partial charge in [0, 0.05) is 16.8 Å². The van der Waals surface area contributed by atoms with Crippen LogP contribution < -0.4 is 4.90 Å². The lowest BCUT2D eigenvalue weighted by atomic mass is 9.68. The second kappa shape index (κ2) is 17.0. The zero-order chi connectivity index (χ0) is 49.5. The first-order chi connectivity index (χ1) is 37.3. The lowest BCUT2D eigenvalue weighted by Crippen LogP contribution is -2.28. The van der Waals surface area contributed by atoms with Crippen molar-refractivity contribution in [1.82, 2.24) is 0 Å². The Kier molecular flexibility index (Phi) is 9.77. The number of benzene rings is 12. The van der Waals surface area contributed by atoms with Gasteiger partial charge in [-0.3, -0.25) is 0 Å². The smallest absolute Gasteiger partial charge is 0.0725 e. The molecule has 0 fully saturated rings. The highest BCUT2D eigenvalue weighted by atomic mass is 15.1. The molecule has 0 heterocycles. The first-order valence-corrected chi connectivity index (χ1v) is 26.2. The molecule has 75 heavy (non-hydrogen) atoms. The van der Waals surface area contributed by atoms with Crippen LogP contribution >= 0.6 is 0 Å². The Bertz CT molecular complexity index is 4090. The van der Waals surface area contributed by atoms with Crippen LogP contribution in [0.3, 0.4) is 0 Å². The van der Waals surface area contributed by atoms with Gasteiger partial charge < -0.3 is 4.90 Å². The molecule has 0 radical (unpaired) electrons. The van der Waals surface area contributed by atoms with Crippen molar-refractivity contribution in [2.24, 2.45) is 0 Å². The second-order valence-electron chi connectivity index (χ2n) is 20.2. The Labute approximate surface area is 439 Å². The molecule has 0 atom stereocenters. The van der Waals surface area contributed by atoms with E-state index in [0.29, 0.717) is 0 Å². The van der Waals surface area contributed by atoms with E-state index in [2.05, 4.69) is 302 Å². The maximum absolute atomic E-state index is 2.61. The number of fused-ring (bicyclic) bond motifs is 13. The summed E-state index contributed by atoms with van der Waals surface area (Å²) >= 11 is 0. The van der Waals surface area contributed by atoms with Crippen LogP contribution in [0.25, 0.3) is 66.8 Å². The monoisotopic (exact) mass is 951 g/mol. The molecule has 0 unspecified atom stereocenters. The Morgan fingerprint density at radius 2 is 0.587 bits per heavy atom. The summed E-state index contributed by atoms with van der Waals surface area (Å²) < 4.78 is 0. The van der Waals surface area contributed by atoms with Gasteiger partial charge in [-0.15, -0.1) is 0 Å². The molecule has 1 heteroatoms. The van der Waals surface area contributed by atoms with E-state index in [9.17, 15) is 0 Å². The van der Waals surface area contributed by atoms with Gasteiger partial charge in [0.15, 0.2) is 0 Å². The number of rotatable bonds is 8. The Morgan fingerprint density at radius 1 is 0.213 bits per heavy atom. The quantitative estimate of drug-likeness (QED) is 0.147. The highest BCUT2D eigenvalue weighted by molar-refractivity contribution is 6.05. The highest BCUT2D eigenvalue weighted by Gasteiger charge is 2.52. The van der Waals surface area contributed by atoms with Crippen LogP contribution in [0.4, 0.5) is 17.1 Å². The molecular weight excluding hydrogens is 903 g/mol. The van der Waals surface area contributed by atoms with E-state index in [1.54, 1.807) is 0 Å². The minimum Gasteiger partial charge on any atom is -0.309 e. The average molecular weight is 952 g/mol. The van der Waals surface area contributed by atoms with Crippen molar-refractivity contribution in [1.29, 1.82) is 0 Å². The summed E-state index contributed by atoms with van der Waals surface area (Å²) in [6.07, 6.45) is 0. The lowest BCUT2D eigenvalue weighted by molar-refractivity contribution is 0.768. The summed E-state index contributed by atoms with van der Waals surface area (Å²) in [4.78, 5) is 2.61. The van der Waals surface area contributed by atoms with E-state index in [4.69, 9.17) is 0 Å². The van der Waals surface area contributed by atoms with Crippen molar-refractivity contribution in [3.8, 4) is 66.8 Å². The van der Waals surface area contributed by atoms with Gasteiger partial charge in [-0.25, -0.2) is 0 Å². The van der Waals surface area contributed by atoms with Crippen LogP contribution in [0.5, 0.6) is 0 Å². The Hall–Kier alpha value is -9.56. The van der Waals surface area contributed by atoms with Crippen LogP contribution in [0.15, 0.2) is 297 Å². The molecule has 1 nitrogen and oxygen atoms in total. The van der Waals surface area contributed by atoms with Crippen LogP contribution in [-0.4, -0.2) is 0 Å². The first kappa shape index (κ1) is 43.1. The molecule has 1 spiro atoms. The fourth-order valence-electron chi connectivity index (χ4n) is 13.7. The van der Waals surface area contributed by atoms with E-state index in [0.717, 1.165) is 22.6 Å². The van der Waals surface area contributed by atoms with E-state index < -0.39 is 10.8 Å². The van der Waals surface area contributed by atoms with E-state index in [-0.39, 0.29) is 0 Å². The third kappa shape index (κ3) is 6.13. The van der Waals surface area contributed by atoms with Crippen molar-refractivity contribution < 1.29 is 0 Å². The van der Waals surface area contributed by atoms with Gasteiger partial charge >= 0.3 is 0 Å². The second-order valence-corrected chi connectivity index (χ2v) is 20.2. The summed E-state index contributed by atoms with van der Waals surface area (Å²) in [5.41, 5.74) is 27.2. The summed E-state index contributed by atoms with van der Waals surface area (Å²) in [6, 6.07) is 111. The molecule has 0 saturated heterocycles. The fourth-order valence-corrected chi connectivity index (χ4v) is 13.7. The molecule has 3 aliphatic carbocycles. The molecule has 350 valence electrons. The summed E-state index contributed by atoms with van der Waals surface area (Å²) in [7, 11) is 0. The first-order valence-electron chi connectivity index (χ1n) is 26.2. The van der Waals surface area contributed by atoms with Gasteiger partial charge in [-0.2, -0.15) is 0 Å². The number of nitrogens with zero attached hydrogens (tertiary/aromatic N) is 1. The molecule has 0 aliphatic heterocycles. The molecule has 12 aromatic rings. The van der Waals surface area contributed by atoms with E-state index in [1.165, 1.54) is 106 Å². The van der Waals surface area contributed by atoms with Gasteiger partial charge in [0.1, 0.15) is 0 Å². The Balaban J connectivity index is 1.07. The van der Waals surface area contributed by atoms with Crippen LogP contribution in [0.1, 0.15) is 44.5 Å². The molecule has 12 aromatic carbocycles. The van der Waals surface area contributed by atoms with Crippen LogP contribution in [0.2, 0.25) is 0 Å². The molecule has 3 aliphatic rings. The van der Waals surface area contributed by atoms with E-state index in [1.807, 2.05) is 0 Å². The minimum absolute atomic E-state index is 0.465. The van der Waals surface area contributed by atoms with Crippen molar-refractivity contribution in [2.45, 2.75) is 10.8 Å². The largest absolute Gasteiger partial charge is 0.309 e. The molecule has 0 saturated carbocycles. The SMILES string of the molecule is c1ccc(-c2ccccc2-c2c(-c3ccccc3)cccc2N(c2ccc3c(c2)-c2ccccc2C32c3ccccc3-c3ccccc32)c2cccc3c2-c2ccccc2C3(c2ccccc2)c2ccccc2)cc1. The van der Waals surface area contributed by atoms with Crippen molar-refractivity contribution in [2.75, 3.05) is 4.90 Å².